The van der Waals surface area contributed by atoms with Crippen LogP contribution in [0.1, 0.15) is 32.3 Å². The number of nitro groups is 1. The van der Waals surface area contributed by atoms with Gasteiger partial charge in [0.1, 0.15) is 12.6 Å². The fourth-order valence-corrected chi connectivity index (χ4v) is 4.48. The Hall–Kier alpha value is -3.47. The van der Waals surface area contributed by atoms with Gasteiger partial charge in [0, 0.05) is 25.2 Å². The molecule has 0 unspecified atom stereocenters. The van der Waals surface area contributed by atoms with Crippen molar-refractivity contribution < 1.29 is 22.9 Å². The van der Waals surface area contributed by atoms with Gasteiger partial charge in [-0.15, -0.1) is 0 Å². The Balaban J connectivity index is 2.38. The van der Waals surface area contributed by atoms with Crippen LogP contribution in [0.5, 0.6) is 0 Å². The lowest BCUT2D eigenvalue weighted by atomic mass is 10.1. The highest BCUT2D eigenvalue weighted by atomic mass is 32.2. The van der Waals surface area contributed by atoms with Gasteiger partial charge in [-0.05, 0) is 30.9 Å². The first-order chi connectivity index (χ1) is 16.6. The van der Waals surface area contributed by atoms with Crippen LogP contribution in [-0.4, -0.2) is 62.0 Å². The van der Waals surface area contributed by atoms with Crippen LogP contribution in [0.15, 0.2) is 54.6 Å². The zero-order chi connectivity index (χ0) is 26.0. The van der Waals surface area contributed by atoms with Crippen molar-refractivity contribution >= 4 is 33.2 Å². The predicted molar refractivity (Wildman–Crippen MR) is 135 cm³/mol. The van der Waals surface area contributed by atoms with Crippen molar-refractivity contribution in [2.75, 3.05) is 30.2 Å². The normalized spacial score (nSPS) is 12.0. The summed E-state index contributed by atoms with van der Waals surface area (Å²) in [5.74, 6) is -0.881. The Morgan fingerprint density at radius 1 is 1.09 bits per heavy atom. The molecule has 1 atom stereocenters. The van der Waals surface area contributed by atoms with Gasteiger partial charge in [0.25, 0.3) is 5.69 Å². The molecule has 0 saturated heterocycles. The number of nitro benzene ring substituents is 1. The number of amides is 2. The van der Waals surface area contributed by atoms with E-state index in [0.717, 1.165) is 28.6 Å². The highest BCUT2D eigenvalue weighted by molar-refractivity contribution is 7.92. The van der Waals surface area contributed by atoms with Crippen molar-refractivity contribution in [1.29, 1.82) is 0 Å². The summed E-state index contributed by atoms with van der Waals surface area (Å²) in [6.07, 6.45) is 2.47. The van der Waals surface area contributed by atoms with Gasteiger partial charge in [0.2, 0.25) is 21.8 Å². The second-order valence-corrected chi connectivity index (χ2v) is 9.99. The predicted octanol–water partition coefficient (Wildman–Crippen LogP) is 2.74. The Morgan fingerprint density at radius 3 is 2.34 bits per heavy atom. The maximum Gasteiger partial charge on any atom is 0.271 e. The first kappa shape index (κ1) is 27.8. The summed E-state index contributed by atoms with van der Waals surface area (Å²) in [6, 6.07) is 13.8. The second kappa shape index (κ2) is 12.8. The van der Waals surface area contributed by atoms with Gasteiger partial charge in [-0.25, -0.2) is 8.42 Å². The minimum atomic E-state index is -3.96. The van der Waals surface area contributed by atoms with Gasteiger partial charge >= 0.3 is 0 Å². The maximum atomic E-state index is 13.5. The molecule has 0 aromatic heterocycles. The number of carbonyl (C=O) groups is 2. The summed E-state index contributed by atoms with van der Waals surface area (Å²) in [5.41, 5.74) is 0.671. The summed E-state index contributed by atoms with van der Waals surface area (Å²) < 4.78 is 26.0. The third-order valence-corrected chi connectivity index (χ3v) is 6.57. The minimum absolute atomic E-state index is 0.00143. The van der Waals surface area contributed by atoms with E-state index in [1.54, 1.807) is 6.92 Å². The van der Waals surface area contributed by atoms with Gasteiger partial charge in [-0.1, -0.05) is 50.2 Å². The minimum Gasteiger partial charge on any atom is -0.354 e. The largest absolute Gasteiger partial charge is 0.354 e. The molecule has 2 amide bonds. The molecule has 190 valence electrons. The average molecular weight is 505 g/mol. The van der Waals surface area contributed by atoms with E-state index in [1.165, 1.54) is 23.1 Å². The first-order valence-corrected chi connectivity index (χ1v) is 13.3. The third-order valence-electron chi connectivity index (χ3n) is 5.43. The van der Waals surface area contributed by atoms with Crippen LogP contribution in [0.25, 0.3) is 0 Å². The number of carbonyl (C=O) groups excluding carboxylic acids is 2. The molecule has 35 heavy (non-hydrogen) atoms. The van der Waals surface area contributed by atoms with Gasteiger partial charge in [-0.3, -0.25) is 24.0 Å². The summed E-state index contributed by atoms with van der Waals surface area (Å²) in [5, 5.41) is 14.0. The third kappa shape index (κ3) is 8.06. The molecule has 10 nitrogen and oxygen atoms in total. The molecule has 0 radical (unpaired) electrons. The number of nitrogens with zero attached hydrogens (tertiary/aromatic N) is 3. The number of rotatable bonds is 13. The van der Waals surface area contributed by atoms with Crippen molar-refractivity contribution in [2.45, 2.75) is 39.2 Å². The molecule has 0 aliphatic carbocycles. The molecule has 2 aromatic rings. The van der Waals surface area contributed by atoms with Crippen molar-refractivity contribution in [3.05, 3.63) is 70.3 Å². The van der Waals surface area contributed by atoms with Crippen molar-refractivity contribution in [3.8, 4) is 0 Å². The first-order valence-electron chi connectivity index (χ1n) is 11.4. The van der Waals surface area contributed by atoms with Gasteiger partial charge in [0.15, 0.2) is 0 Å². The number of benzene rings is 2. The van der Waals surface area contributed by atoms with Gasteiger partial charge in [-0.2, -0.15) is 0 Å². The zero-order valence-corrected chi connectivity index (χ0v) is 21.0. The van der Waals surface area contributed by atoms with E-state index in [4.69, 9.17) is 0 Å². The fraction of sp³-hybridized carbons (Fsp3) is 0.417. The topological polar surface area (TPSA) is 130 Å². The molecule has 0 aliphatic rings. The standard InChI is InChI=1S/C24H32N4O6S/c1-4-15-25-24(30)22(5-2)26(16-14-19-10-7-6-8-11-19)23(29)18-27(35(3,33)34)20-12-9-13-21(17-20)28(31)32/h6-13,17,22H,4-5,14-16,18H2,1-3H3,(H,25,30)/t22-/m1/s1. The van der Waals surface area contributed by atoms with Crippen LogP contribution in [0.4, 0.5) is 11.4 Å². The smallest absolute Gasteiger partial charge is 0.271 e. The molecule has 0 saturated carbocycles. The molecular formula is C24H32N4O6S. The van der Waals surface area contributed by atoms with Crippen LogP contribution < -0.4 is 9.62 Å². The van der Waals surface area contributed by atoms with Crippen LogP contribution in [0.3, 0.4) is 0 Å². The lowest BCUT2D eigenvalue weighted by Gasteiger charge is -2.32. The van der Waals surface area contributed by atoms with E-state index in [-0.39, 0.29) is 23.8 Å². The molecule has 1 N–H and O–H groups in total. The Morgan fingerprint density at radius 2 is 1.77 bits per heavy atom. The van der Waals surface area contributed by atoms with Crippen LogP contribution in [0.2, 0.25) is 0 Å². The van der Waals surface area contributed by atoms with Crippen molar-refractivity contribution in [3.63, 3.8) is 0 Å². The van der Waals surface area contributed by atoms with E-state index in [9.17, 15) is 28.1 Å². The van der Waals surface area contributed by atoms with Crippen molar-refractivity contribution in [1.82, 2.24) is 10.2 Å². The Bertz CT molecular complexity index is 1120. The molecule has 0 heterocycles. The molecule has 0 spiro atoms. The fourth-order valence-electron chi connectivity index (χ4n) is 3.64. The lowest BCUT2D eigenvalue weighted by Crippen LogP contribution is -2.53. The number of nitrogens with one attached hydrogen (secondary N) is 1. The van der Waals surface area contributed by atoms with E-state index >= 15 is 0 Å². The SMILES string of the molecule is CCCNC(=O)[C@@H](CC)N(CCc1ccccc1)C(=O)CN(c1cccc([N+](=O)[O-])c1)S(C)(=O)=O. The highest BCUT2D eigenvalue weighted by Gasteiger charge is 2.31. The molecule has 0 bridgehead atoms. The van der Waals surface area contributed by atoms with Crippen molar-refractivity contribution in [2.24, 2.45) is 0 Å². The number of anilines is 1. The summed E-state index contributed by atoms with van der Waals surface area (Å²) >= 11 is 0. The molecular weight excluding hydrogens is 472 g/mol. The highest BCUT2D eigenvalue weighted by Crippen LogP contribution is 2.23. The van der Waals surface area contributed by atoms with Crippen LogP contribution in [-0.2, 0) is 26.0 Å². The van der Waals surface area contributed by atoms with E-state index in [0.29, 0.717) is 19.4 Å². The number of non-ortho nitro benzene ring substituents is 1. The summed E-state index contributed by atoms with van der Waals surface area (Å²) in [7, 11) is -3.96. The van der Waals surface area contributed by atoms with Gasteiger partial charge in [0.05, 0.1) is 16.9 Å². The maximum absolute atomic E-state index is 13.5. The van der Waals surface area contributed by atoms with E-state index in [2.05, 4.69) is 5.32 Å². The summed E-state index contributed by atoms with van der Waals surface area (Å²) in [6.45, 7) is 3.77. The zero-order valence-electron chi connectivity index (χ0n) is 20.2. The lowest BCUT2D eigenvalue weighted by molar-refractivity contribution is -0.384. The molecule has 2 rings (SSSR count). The Labute approximate surface area is 206 Å². The molecule has 11 heteroatoms. The van der Waals surface area contributed by atoms with E-state index in [1.807, 2.05) is 37.3 Å². The van der Waals surface area contributed by atoms with Crippen LogP contribution >= 0.6 is 0 Å². The average Bonchev–Trinajstić information content (AvgIpc) is 2.83. The Kier molecular flexibility index (Phi) is 10.2. The van der Waals surface area contributed by atoms with E-state index < -0.39 is 33.4 Å². The quantitative estimate of drug-likeness (QED) is 0.330. The number of hydrogen-bond acceptors (Lipinski definition) is 6. The summed E-state index contributed by atoms with van der Waals surface area (Å²) in [4.78, 5) is 38.3. The molecule has 2 aromatic carbocycles. The monoisotopic (exact) mass is 504 g/mol. The van der Waals surface area contributed by atoms with Gasteiger partial charge < -0.3 is 10.2 Å². The second-order valence-electron chi connectivity index (χ2n) is 8.08. The number of sulfonamides is 1. The number of hydrogen-bond donors (Lipinski definition) is 1. The molecule has 0 aliphatic heterocycles. The van der Waals surface area contributed by atoms with Crippen LogP contribution in [0, 0.1) is 10.1 Å². The molecule has 0 fully saturated rings.